The van der Waals surface area contributed by atoms with Gasteiger partial charge in [-0.2, -0.15) is 0 Å². The van der Waals surface area contributed by atoms with Crippen LogP contribution in [0.15, 0.2) is 0 Å². The molecule has 82 valence electrons. The van der Waals surface area contributed by atoms with Gasteiger partial charge in [0.25, 0.3) is 0 Å². The number of methoxy groups -OCH3 is 1. The fourth-order valence-electron chi connectivity index (χ4n) is 2.38. The van der Waals surface area contributed by atoms with Crippen LogP contribution in [0, 0.1) is 0 Å². The van der Waals surface area contributed by atoms with Crippen molar-refractivity contribution in [2.24, 2.45) is 0 Å². The molecule has 1 aliphatic heterocycles. The highest BCUT2D eigenvalue weighted by Crippen LogP contribution is 2.24. The normalized spacial score (nSPS) is 43.3. The van der Waals surface area contributed by atoms with Crippen molar-refractivity contribution in [3.63, 3.8) is 0 Å². The van der Waals surface area contributed by atoms with Gasteiger partial charge in [0.05, 0.1) is 12.2 Å². The molecule has 1 aliphatic carbocycles. The Morgan fingerprint density at radius 1 is 1.21 bits per heavy atom. The minimum Gasteiger partial charge on any atom is -0.381 e. The minimum atomic E-state index is 0.430. The van der Waals surface area contributed by atoms with Gasteiger partial charge >= 0.3 is 0 Å². The minimum absolute atomic E-state index is 0.430. The SMILES string of the molecule is COC1CC(NC2CCOC(C)C2)C1. The molecule has 3 nitrogen and oxygen atoms in total. The van der Waals surface area contributed by atoms with Gasteiger partial charge < -0.3 is 14.8 Å². The van der Waals surface area contributed by atoms with E-state index in [4.69, 9.17) is 9.47 Å². The molecule has 0 amide bonds. The van der Waals surface area contributed by atoms with Gasteiger partial charge in [0.1, 0.15) is 0 Å². The zero-order valence-electron chi connectivity index (χ0n) is 9.16. The second-order valence-corrected chi connectivity index (χ2v) is 4.60. The molecule has 1 heterocycles. The molecule has 3 heteroatoms. The lowest BCUT2D eigenvalue weighted by atomic mass is 9.87. The second-order valence-electron chi connectivity index (χ2n) is 4.60. The van der Waals surface area contributed by atoms with E-state index >= 15 is 0 Å². The van der Waals surface area contributed by atoms with Crippen LogP contribution < -0.4 is 5.32 Å². The number of nitrogens with one attached hydrogen (secondary N) is 1. The van der Waals surface area contributed by atoms with Crippen molar-refractivity contribution in [1.82, 2.24) is 5.32 Å². The fraction of sp³-hybridized carbons (Fsp3) is 1.00. The van der Waals surface area contributed by atoms with E-state index in [9.17, 15) is 0 Å². The smallest absolute Gasteiger partial charge is 0.0601 e. The number of ether oxygens (including phenoxy) is 2. The van der Waals surface area contributed by atoms with E-state index in [-0.39, 0.29) is 0 Å². The Hall–Kier alpha value is -0.120. The van der Waals surface area contributed by atoms with Crippen LogP contribution in [0.3, 0.4) is 0 Å². The maximum Gasteiger partial charge on any atom is 0.0601 e. The summed E-state index contributed by atoms with van der Waals surface area (Å²) in [5.74, 6) is 0. The molecule has 0 aromatic rings. The van der Waals surface area contributed by atoms with Crippen LogP contribution in [0.4, 0.5) is 0 Å². The molecule has 1 saturated heterocycles. The number of rotatable bonds is 3. The average Bonchev–Trinajstić information content (AvgIpc) is 2.10. The molecule has 0 aromatic heterocycles. The van der Waals surface area contributed by atoms with Gasteiger partial charge in [-0.25, -0.2) is 0 Å². The predicted molar refractivity (Wildman–Crippen MR) is 55.4 cm³/mol. The lowest BCUT2D eigenvalue weighted by Crippen LogP contribution is -2.51. The number of hydrogen-bond donors (Lipinski definition) is 1. The zero-order chi connectivity index (χ0) is 9.97. The van der Waals surface area contributed by atoms with Crippen molar-refractivity contribution in [3.05, 3.63) is 0 Å². The van der Waals surface area contributed by atoms with Crippen molar-refractivity contribution in [2.45, 2.75) is 56.9 Å². The highest BCUT2D eigenvalue weighted by atomic mass is 16.5. The van der Waals surface area contributed by atoms with E-state index in [0.717, 1.165) is 13.0 Å². The lowest BCUT2D eigenvalue weighted by molar-refractivity contribution is -0.0116. The van der Waals surface area contributed by atoms with E-state index < -0.39 is 0 Å². The molecule has 0 bridgehead atoms. The van der Waals surface area contributed by atoms with Crippen molar-refractivity contribution in [1.29, 1.82) is 0 Å². The number of hydrogen-bond acceptors (Lipinski definition) is 3. The van der Waals surface area contributed by atoms with E-state index in [0.29, 0.717) is 24.3 Å². The van der Waals surface area contributed by atoms with Crippen LogP contribution in [-0.2, 0) is 9.47 Å². The van der Waals surface area contributed by atoms with Crippen molar-refractivity contribution in [2.75, 3.05) is 13.7 Å². The summed E-state index contributed by atoms with van der Waals surface area (Å²) in [6.07, 6.45) is 5.63. The maximum absolute atomic E-state index is 5.52. The summed E-state index contributed by atoms with van der Waals surface area (Å²) in [6, 6.07) is 1.36. The van der Waals surface area contributed by atoms with E-state index in [2.05, 4.69) is 12.2 Å². The molecule has 2 fully saturated rings. The summed E-state index contributed by atoms with van der Waals surface area (Å²) in [5, 5.41) is 3.69. The average molecular weight is 199 g/mol. The quantitative estimate of drug-likeness (QED) is 0.743. The van der Waals surface area contributed by atoms with Crippen molar-refractivity contribution >= 4 is 0 Å². The van der Waals surface area contributed by atoms with Gasteiger partial charge in [-0.1, -0.05) is 0 Å². The highest BCUT2D eigenvalue weighted by Gasteiger charge is 2.31. The van der Waals surface area contributed by atoms with Crippen LogP contribution in [0.5, 0.6) is 0 Å². The Labute approximate surface area is 86.2 Å². The van der Waals surface area contributed by atoms with Crippen LogP contribution in [-0.4, -0.2) is 38.0 Å². The van der Waals surface area contributed by atoms with E-state index in [1.807, 2.05) is 0 Å². The van der Waals surface area contributed by atoms with Gasteiger partial charge in [0.2, 0.25) is 0 Å². The summed E-state index contributed by atoms with van der Waals surface area (Å²) in [5.41, 5.74) is 0. The third-order valence-corrected chi connectivity index (χ3v) is 3.38. The summed E-state index contributed by atoms with van der Waals surface area (Å²) in [6.45, 7) is 3.08. The topological polar surface area (TPSA) is 30.5 Å². The molecule has 0 spiro atoms. The molecule has 2 aliphatic rings. The first-order valence-electron chi connectivity index (χ1n) is 5.68. The Morgan fingerprint density at radius 3 is 2.64 bits per heavy atom. The summed E-state index contributed by atoms with van der Waals surface area (Å²) >= 11 is 0. The largest absolute Gasteiger partial charge is 0.381 e. The van der Waals surface area contributed by atoms with E-state index in [1.165, 1.54) is 19.3 Å². The highest BCUT2D eigenvalue weighted by molar-refractivity contribution is 4.89. The Kier molecular flexibility index (Phi) is 3.42. The molecule has 0 radical (unpaired) electrons. The lowest BCUT2D eigenvalue weighted by Gasteiger charge is -2.39. The molecule has 14 heavy (non-hydrogen) atoms. The zero-order valence-corrected chi connectivity index (χ0v) is 9.16. The molecule has 0 aromatic carbocycles. The molecule has 2 rings (SSSR count). The first-order chi connectivity index (χ1) is 6.78. The predicted octanol–water partition coefficient (Wildman–Crippen LogP) is 1.32. The molecule has 1 N–H and O–H groups in total. The van der Waals surface area contributed by atoms with Gasteiger partial charge in [0.15, 0.2) is 0 Å². The molecular formula is C11H21NO2. The molecule has 2 unspecified atom stereocenters. The van der Waals surface area contributed by atoms with Crippen LogP contribution in [0.25, 0.3) is 0 Å². The van der Waals surface area contributed by atoms with E-state index in [1.54, 1.807) is 7.11 Å². The first kappa shape index (κ1) is 10.4. The van der Waals surface area contributed by atoms with Gasteiger partial charge in [-0.15, -0.1) is 0 Å². The van der Waals surface area contributed by atoms with Gasteiger partial charge in [-0.3, -0.25) is 0 Å². The van der Waals surface area contributed by atoms with Gasteiger partial charge in [0, 0.05) is 25.8 Å². The summed E-state index contributed by atoms with van der Waals surface area (Å²) in [7, 11) is 1.80. The molecule has 2 atom stereocenters. The van der Waals surface area contributed by atoms with Gasteiger partial charge in [-0.05, 0) is 32.6 Å². The Morgan fingerprint density at radius 2 is 2.00 bits per heavy atom. The first-order valence-corrected chi connectivity index (χ1v) is 5.68. The van der Waals surface area contributed by atoms with Crippen LogP contribution in [0.2, 0.25) is 0 Å². The maximum atomic E-state index is 5.52. The fourth-order valence-corrected chi connectivity index (χ4v) is 2.38. The van der Waals surface area contributed by atoms with Crippen LogP contribution in [0.1, 0.15) is 32.6 Å². The monoisotopic (exact) mass is 199 g/mol. The Bertz CT molecular complexity index is 180. The standard InChI is InChI=1S/C11H21NO2/c1-8-5-9(3-4-14-8)12-10-6-11(7-10)13-2/h8-12H,3-7H2,1-2H3. The van der Waals surface area contributed by atoms with Crippen molar-refractivity contribution < 1.29 is 9.47 Å². The third-order valence-electron chi connectivity index (χ3n) is 3.38. The van der Waals surface area contributed by atoms with Crippen molar-refractivity contribution in [3.8, 4) is 0 Å². The molecular weight excluding hydrogens is 178 g/mol. The summed E-state index contributed by atoms with van der Waals surface area (Å²) in [4.78, 5) is 0. The second kappa shape index (κ2) is 4.60. The molecule has 1 saturated carbocycles. The summed E-state index contributed by atoms with van der Waals surface area (Å²) < 4.78 is 10.8. The Balaban J connectivity index is 1.66. The third kappa shape index (κ3) is 2.47. The van der Waals surface area contributed by atoms with Crippen LogP contribution >= 0.6 is 0 Å².